The van der Waals surface area contributed by atoms with Crippen LogP contribution in [0, 0.1) is 11.8 Å². The Hall–Kier alpha value is -2.25. The molecule has 0 aromatic carbocycles. The number of hydrogen-bond acceptors (Lipinski definition) is 7. The van der Waals surface area contributed by atoms with Crippen LogP contribution in [0.4, 0.5) is 0 Å². The highest BCUT2D eigenvalue weighted by molar-refractivity contribution is 5.91. The number of esters is 2. The summed E-state index contributed by atoms with van der Waals surface area (Å²) in [6.07, 6.45) is 3.01. The van der Waals surface area contributed by atoms with Gasteiger partial charge in [0.2, 0.25) is 0 Å². The summed E-state index contributed by atoms with van der Waals surface area (Å²) in [6.45, 7) is 7.22. The van der Waals surface area contributed by atoms with E-state index in [0.29, 0.717) is 36.7 Å². The maximum atomic E-state index is 12.6. The van der Waals surface area contributed by atoms with Crippen LogP contribution in [0.5, 0.6) is 0 Å². The number of aliphatic hydroxyl groups is 1. The van der Waals surface area contributed by atoms with Gasteiger partial charge in [0.05, 0.1) is 18.4 Å². The van der Waals surface area contributed by atoms with E-state index in [4.69, 9.17) is 14.2 Å². The molecule has 1 N–H and O–H groups in total. The highest BCUT2D eigenvalue weighted by Crippen LogP contribution is 2.37. The highest BCUT2D eigenvalue weighted by Gasteiger charge is 2.48. The fourth-order valence-electron chi connectivity index (χ4n) is 3.43. The molecule has 0 amide bonds. The summed E-state index contributed by atoms with van der Waals surface area (Å²) < 4.78 is 16.7. The van der Waals surface area contributed by atoms with Gasteiger partial charge < -0.3 is 19.3 Å². The van der Waals surface area contributed by atoms with Crippen molar-refractivity contribution in [1.82, 2.24) is 0 Å². The van der Waals surface area contributed by atoms with E-state index in [1.165, 1.54) is 7.11 Å². The van der Waals surface area contributed by atoms with Crippen molar-refractivity contribution in [3.8, 4) is 0 Å². The third-order valence-electron chi connectivity index (χ3n) is 5.35. The molecule has 7 nitrogen and oxygen atoms in total. The zero-order valence-electron chi connectivity index (χ0n) is 16.6. The van der Waals surface area contributed by atoms with Gasteiger partial charge in [-0.15, -0.1) is 0 Å². The summed E-state index contributed by atoms with van der Waals surface area (Å²) in [7, 11) is 1.42. The molecule has 1 aliphatic heterocycles. The monoisotopic (exact) mass is 392 g/mol. The smallest absolute Gasteiger partial charge is 0.334 e. The maximum Gasteiger partial charge on any atom is 0.334 e. The third-order valence-corrected chi connectivity index (χ3v) is 5.35. The quantitative estimate of drug-likeness (QED) is 0.319. The van der Waals surface area contributed by atoms with Gasteiger partial charge in [-0.05, 0) is 30.9 Å². The average Bonchev–Trinajstić information content (AvgIpc) is 2.97. The molecule has 1 heterocycles. The Morgan fingerprint density at radius 1 is 1.50 bits per heavy atom. The third kappa shape index (κ3) is 4.59. The van der Waals surface area contributed by atoms with Gasteiger partial charge in [0.25, 0.3) is 0 Å². The summed E-state index contributed by atoms with van der Waals surface area (Å²) in [4.78, 5) is 36.5. The lowest BCUT2D eigenvalue weighted by Gasteiger charge is -2.33. The first kappa shape index (κ1) is 22.0. The summed E-state index contributed by atoms with van der Waals surface area (Å²) >= 11 is 0. The molecule has 2 aliphatic rings. The predicted molar refractivity (Wildman–Crippen MR) is 101 cm³/mol. The molecule has 0 aromatic rings. The van der Waals surface area contributed by atoms with Crippen LogP contribution in [-0.2, 0) is 28.6 Å². The lowest BCUT2D eigenvalue weighted by Crippen LogP contribution is -2.44. The molecule has 7 heteroatoms. The molecule has 0 bridgehead atoms. The van der Waals surface area contributed by atoms with E-state index in [-0.39, 0.29) is 18.1 Å². The molecule has 0 aromatic heterocycles. The first-order valence-electron chi connectivity index (χ1n) is 9.46. The minimum atomic E-state index is -0.971. The van der Waals surface area contributed by atoms with Gasteiger partial charge >= 0.3 is 11.9 Å². The number of allylic oxidation sites excluding steroid dienone is 1. The Morgan fingerprint density at radius 2 is 2.21 bits per heavy atom. The summed E-state index contributed by atoms with van der Waals surface area (Å²) in [5.74, 6) is -2.13. The molecule has 5 atom stereocenters. The van der Waals surface area contributed by atoms with Gasteiger partial charge in [0.1, 0.15) is 24.6 Å². The SMILES string of the molecule is C=C1C(=O)O[C@@H]2/C=C(\CO)CC/C=C(\C=O)[C@H](OC)[C@@H](OC(=O)[C@@H](C)CC)[C@@H]12. The largest absolute Gasteiger partial charge is 0.458 e. The van der Waals surface area contributed by atoms with E-state index < -0.39 is 36.2 Å². The standard InChI is InChI=1S/C21H28O7/c1-5-12(2)20(24)28-19-17-13(3)21(25)27-16(17)9-14(10-22)7-6-8-15(11-23)18(19)26-4/h8-9,11-12,16-19,22H,3,5-7,10H2,1-2,4H3/b14-9-,15-8+/t12-,16+,17-,18-,19-/m0/s1. The van der Waals surface area contributed by atoms with Crippen LogP contribution >= 0.6 is 0 Å². The summed E-state index contributed by atoms with van der Waals surface area (Å²) in [6, 6.07) is 0. The second kappa shape index (κ2) is 9.80. The number of aldehydes is 1. The number of carbonyl (C=O) groups excluding carboxylic acids is 3. The van der Waals surface area contributed by atoms with E-state index in [1.54, 1.807) is 19.1 Å². The number of hydrogen-bond donors (Lipinski definition) is 1. The van der Waals surface area contributed by atoms with Gasteiger partial charge in [0, 0.05) is 18.3 Å². The first-order chi connectivity index (χ1) is 13.4. The van der Waals surface area contributed by atoms with Crippen molar-refractivity contribution in [2.24, 2.45) is 11.8 Å². The minimum absolute atomic E-state index is 0.147. The van der Waals surface area contributed by atoms with Crippen LogP contribution in [0.25, 0.3) is 0 Å². The normalized spacial score (nSPS) is 32.9. The topological polar surface area (TPSA) is 99.1 Å². The molecular weight excluding hydrogens is 364 g/mol. The Labute approximate surface area is 165 Å². The van der Waals surface area contributed by atoms with Crippen molar-refractivity contribution in [3.63, 3.8) is 0 Å². The van der Waals surface area contributed by atoms with Crippen molar-refractivity contribution in [2.75, 3.05) is 13.7 Å². The summed E-state index contributed by atoms with van der Waals surface area (Å²) in [5.41, 5.74) is 1.13. The van der Waals surface area contributed by atoms with E-state index in [2.05, 4.69) is 6.58 Å². The van der Waals surface area contributed by atoms with Crippen LogP contribution in [0.15, 0.2) is 35.5 Å². The number of carbonyl (C=O) groups is 3. The van der Waals surface area contributed by atoms with Gasteiger partial charge in [-0.1, -0.05) is 26.5 Å². The van der Waals surface area contributed by atoms with Crippen LogP contribution < -0.4 is 0 Å². The molecule has 1 saturated heterocycles. The molecule has 1 fully saturated rings. The lowest BCUT2D eigenvalue weighted by molar-refractivity contribution is -0.164. The van der Waals surface area contributed by atoms with Crippen molar-refractivity contribution in [2.45, 2.75) is 51.4 Å². The van der Waals surface area contributed by atoms with Gasteiger partial charge in [-0.25, -0.2) is 4.79 Å². The van der Waals surface area contributed by atoms with Crippen molar-refractivity contribution in [1.29, 1.82) is 0 Å². The minimum Gasteiger partial charge on any atom is -0.458 e. The Balaban J connectivity index is 2.56. The number of fused-ring (bicyclic) bond motifs is 1. The molecule has 2 rings (SSSR count). The summed E-state index contributed by atoms with van der Waals surface area (Å²) in [5, 5.41) is 9.63. The Morgan fingerprint density at radius 3 is 2.79 bits per heavy atom. The fourth-order valence-corrected chi connectivity index (χ4v) is 3.43. The number of aliphatic hydroxyl groups excluding tert-OH is 1. The molecular formula is C21H28O7. The molecule has 154 valence electrons. The maximum absolute atomic E-state index is 12.6. The van der Waals surface area contributed by atoms with E-state index >= 15 is 0 Å². The van der Waals surface area contributed by atoms with Crippen LogP contribution in [-0.4, -0.2) is 55.4 Å². The Kier molecular flexibility index (Phi) is 7.71. The van der Waals surface area contributed by atoms with Gasteiger partial charge in [-0.3, -0.25) is 9.59 Å². The molecule has 28 heavy (non-hydrogen) atoms. The second-order valence-corrected chi connectivity index (χ2v) is 7.13. The second-order valence-electron chi connectivity index (χ2n) is 7.13. The molecule has 0 spiro atoms. The van der Waals surface area contributed by atoms with E-state index in [9.17, 15) is 19.5 Å². The number of ether oxygens (including phenoxy) is 3. The van der Waals surface area contributed by atoms with Crippen LogP contribution in [0.3, 0.4) is 0 Å². The predicted octanol–water partition coefficient (Wildman–Crippen LogP) is 1.89. The average molecular weight is 392 g/mol. The van der Waals surface area contributed by atoms with Gasteiger partial charge in [0.15, 0.2) is 0 Å². The van der Waals surface area contributed by atoms with Crippen LogP contribution in [0.1, 0.15) is 33.1 Å². The highest BCUT2D eigenvalue weighted by atomic mass is 16.6. The van der Waals surface area contributed by atoms with E-state index in [0.717, 1.165) is 0 Å². The van der Waals surface area contributed by atoms with E-state index in [1.807, 2.05) is 6.92 Å². The molecule has 1 aliphatic carbocycles. The fraction of sp³-hybridized carbons (Fsp3) is 0.571. The van der Waals surface area contributed by atoms with Crippen LogP contribution in [0.2, 0.25) is 0 Å². The number of methoxy groups -OCH3 is 1. The molecule has 0 radical (unpaired) electrons. The first-order valence-corrected chi connectivity index (χ1v) is 9.46. The Bertz CT molecular complexity index is 691. The van der Waals surface area contributed by atoms with Crippen molar-refractivity contribution in [3.05, 3.63) is 35.5 Å². The van der Waals surface area contributed by atoms with Gasteiger partial charge in [-0.2, -0.15) is 0 Å². The number of rotatable bonds is 6. The molecule has 0 unspecified atom stereocenters. The van der Waals surface area contributed by atoms with Crippen molar-refractivity contribution >= 4 is 18.2 Å². The zero-order chi connectivity index (χ0) is 20.8. The van der Waals surface area contributed by atoms with Crippen molar-refractivity contribution < 1.29 is 33.7 Å². The zero-order valence-corrected chi connectivity index (χ0v) is 16.6. The molecule has 0 saturated carbocycles. The lowest BCUT2D eigenvalue weighted by atomic mass is 9.83.